The standard InChI is InChI=1S/C16H24FN3/c1-2-20(13-8-4-3-5-9-13)11-12-7-6-10-14(15(12)17)16(18)19/h6-7,10,13H,2-5,8-9,11H2,1H3,(H3,18,19). The number of hydrogen-bond donors (Lipinski definition) is 2. The fraction of sp³-hybridized carbons (Fsp3) is 0.562. The van der Waals surface area contributed by atoms with Gasteiger partial charge in [-0.15, -0.1) is 0 Å². The van der Waals surface area contributed by atoms with Crippen LogP contribution in [0, 0.1) is 11.2 Å². The van der Waals surface area contributed by atoms with E-state index in [4.69, 9.17) is 11.1 Å². The topological polar surface area (TPSA) is 53.1 Å². The van der Waals surface area contributed by atoms with Crippen LogP contribution in [0.5, 0.6) is 0 Å². The van der Waals surface area contributed by atoms with E-state index >= 15 is 0 Å². The third kappa shape index (κ3) is 3.37. The van der Waals surface area contributed by atoms with E-state index in [2.05, 4.69) is 11.8 Å². The van der Waals surface area contributed by atoms with Crippen molar-refractivity contribution >= 4 is 5.84 Å². The summed E-state index contributed by atoms with van der Waals surface area (Å²) in [5.41, 5.74) is 6.27. The largest absolute Gasteiger partial charge is 0.384 e. The van der Waals surface area contributed by atoms with Gasteiger partial charge in [0.15, 0.2) is 0 Å². The molecule has 0 radical (unpaired) electrons. The molecule has 0 aliphatic heterocycles. The van der Waals surface area contributed by atoms with Crippen LogP contribution in [0.3, 0.4) is 0 Å². The Hall–Kier alpha value is -1.42. The van der Waals surface area contributed by atoms with Gasteiger partial charge in [0.2, 0.25) is 0 Å². The van der Waals surface area contributed by atoms with Crippen LogP contribution in [0.15, 0.2) is 18.2 Å². The van der Waals surface area contributed by atoms with Gasteiger partial charge in [0.25, 0.3) is 0 Å². The van der Waals surface area contributed by atoms with Crippen LogP contribution in [0.1, 0.15) is 50.2 Å². The molecular weight excluding hydrogens is 253 g/mol. The molecule has 0 aromatic heterocycles. The maximum atomic E-state index is 14.3. The Bertz CT molecular complexity index is 467. The van der Waals surface area contributed by atoms with Gasteiger partial charge in [-0.25, -0.2) is 4.39 Å². The second-order valence-electron chi connectivity index (χ2n) is 5.55. The van der Waals surface area contributed by atoms with Crippen molar-refractivity contribution < 1.29 is 4.39 Å². The van der Waals surface area contributed by atoms with E-state index in [1.54, 1.807) is 18.2 Å². The van der Waals surface area contributed by atoms with E-state index in [1.165, 1.54) is 32.1 Å². The zero-order valence-electron chi connectivity index (χ0n) is 12.2. The third-order valence-electron chi connectivity index (χ3n) is 4.24. The zero-order valence-corrected chi connectivity index (χ0v) is 12.2. The molecule has 1 aromatic carbocycles. The van der Waals surface area contributed by atoms with E-state index in [1.807, 2.05) is 0 Å². The Kier molecular flexibility index (Phi) is 5.12. The molecule has 0 saturated heterocycles. The lowest BCUT2D eigenvalue weighted by atomic mass is 9.93. The Balaban J connectivity index is 2.14. The van der Waals surface area contributed by atoms with Crippen LogP contribution in [0.25, 0.3) is 0 Å². The molecule has 0 unspecified atom stereocenters. The van der Waals surface area contributed by atoms with Crippen molar-refractivity contribution in [2.75, 3.05) is 6.54 Å². The van der Waals surface area contributed by atoms with Crippen LogP contribution in [-0.2, 0) is 6.54 Å². The van der Waals surface area contributed by atoms with Gasteiger partial charge in [-0.05, 0) is 25.5 Å². The molecule has 1 aromatic rings. The first-order valence-electron chi connectivity index (χ1n) is 7.49. The van der Waals surface area contributed by atoms with E-state index in [0.717, 1.165) is 6.54 Å². The number of halogens is 1. The second-order valence-corrected chi connectivity index (χ2v) is 5.55. The highest BCUT2D eigenvalue weighted by Gasteiger charge is 2.21. The first-order valence-corrected chi connectivity index (χ1v) is 7.49. The third-order valence-corrected chi connectivity index (χ3v) is 4.24. The van der Waals surface area contributed by atoms with Gasteiger partial charge in [0.05, 0.1) is 5.56 Å². The van der Waals surface area contributed by atoms with E-state index < -0.39 is 0 Å². The van der Waals surface area contributed by atoms with Crippen LogP contribution < -0.4 is 5.73 Å². The van der Waals surface area contributed by atoms with Gasteiger partial charge in [-0.2, -0.15) is 0 Å². The minimum absolute atomic E-state index is 0.204. The summed E-state index contributed by atoms with van der Waals surface area (Å²) in [6.45, 7) is 3.66. The van der Waals surface area contributed by atoms with E-state index in [-0.39, 0.29) is 17.2 Å². The van der Waals surface area contributed by atoms with E-state index in [0.29, 0.717) is 18.2 Å². The number of hydrogen-bond acceptors (Lipinski definition) is 2. The van der Waals surface area contributed by atoms with Crippen molar-refractivity contribution in [2.24, 2.45) is 5.73 Å². The number of nitrogens with one attached hydrogen (secondary N) is 1. The second kappa shape index (κ2) is 6.84. The first-order chi connectivity index (χ1) is 9.63. The van der Waals surface area contributed by atoms with Gasteiger partial charge in [0, 0.05) is 18.2 Å². The van der Waals surface area contributed by atoms with Crippen LogP contribution in [0.4, 0.5) is 4.39 Å². The van der Waals surface area contributed by atoms with Gasteiger partial charge in [-0.3, -0.25) is 10.3 Å². The molecule has 1 fully saturated rings. The van der Waals surface area contributed by atoms with Crippen molar-refractivity contribution in [3.8, 4) is 0 Å². The smallest absolute Gasteiger partial charge is 0.138 e. The summed E-state index contributed by atoms with van der Waals surface area (Å²) in [6.07, 6.45) is 6.29. The molecule has 1 saturated carbocycles. The first kappa shape index (κ1) is 15.0. The lowest BCUT2D eigenvalue weighted by molar-refractivity contribution is 0.154. The highest BCUT2D eigenvalue weighted by molar-refractivity contribution is 5.95. The predicted octanol–water partition coefficient (Wildman–Crippen LogP) is 3.26. The molecule has 1 aliphatic carbocycles. The minimum Gasteiger partial charge on any atom is -0.384 e. The van der Waals surface area contributed by atoms with E-state index in [9.17, 15) is 4.39 Å². The minimum atomic E-state index is -0.339. The van der Waals surface area contributed by atoms with Crippen LogP contribution >= 0.6 is 0 Å². The Morgan fingerprint density at radius 1 is 1.35 bits per heavy atom. The molecular formula is C16H24FN3. The number of rotatable bonds is 5. The lowest BCUT2D eigenvalue weighted by Gasteiger charge is -2.33. The lowest BCUT2D eigenvalue weighted by Crippen LogP contribution is -2.36. The summed E-state index contributed by atoms with van der Waals surface area (Å²) in [4.78, 5) is 2.35. The normalized spacial score (nSPS) is 16.6. The van der Waals surface area contributed by atoms with Crippen molar-refractivity contribution in [1.82, 2.24) is 4.90 Å². The molecule has 0 bridgehead atoms. The summed E-state index contributed by atoms with van der Waals surface area (Å²) in [5.74, 6) is -0.542. The number of nitrogens with two attached hydrogens (primary N) is 1. The summed E-state index contributed by atoms with van der Waals surface area (Å²) in [5, 5.41) is 7.42. The Morgan fingerprint density at radius 2 is 2.05 bits per heavy atom. The maximum absolute atomic E-state index is 14.3. The molecule has 4 heteroatoms. The highest BCUT2D eigenvalue weighted by atomic mass is 19.1. The Morgan fingerprint density at radius 3 is 2.65 bits per heavy atom. The highest BCUT2D eigenvalue weighted by Crippen LogP contribution is 2.24. The number of benzene rings is 1. The fourth-order valence-electron chi connectivity index (χ4n) is 3.07. The molecule has 1 aliphatic rings. The summed E-state index contributed by atoms with van der Waals surface area (Å²) >= 11 is 0. The van der Waals surface area contributed by atoms with Gasteiger partial charge >= 0.3 is 0 Å². The van der Waals surface area contributed by atoms with Gasteiger partial charge in [0.1, 0.15) is 11.7 Å². The fourth-order valence-corrected chi connectivity index (χ4v) is 3.07. The van der Waals surface area contributed by atoms with Crippen molar-refractivity contribution in [3.05, 3.63) is 35.1 Å². The molecule has 0 atom stereocenters. The van der Waals surface area contributed by atoms with Crippen LogP contribution in [0.2, 0.25) is 0 Å². The molecule has 0 heterocycles. The summed E-state index contributed by atoms with van der Waals surface area (Å²) < 4.78 is 14.3. The van der Waals surface area contributed by atoms with Crippen LogP contribution in [-0.4, -0.2) is 23.3 Å². The average molecular weight is 277 g/mol. The monoisotopic (exact) mass is 277 g/mol. The molecule has 3 nitrogen and oxygen atoms in total. The molecule has 110 valence electrons. The predicted molar refractivity (Wildman–Crippen MR) is 80.4 cm³/mol. The molecule has 20 heavy (non-hydrogen) atoms. The maximum Gasteiger partial charge on any atom is 0.138 e. The Labute approximate surface area is 120 Å². The quantitative estimate of drug-likeness (QED) is 0.641. The average Bonchev–Trinajstić information content (AvgIpc) is 2.47. The molecule has 0 spiro atoms. The number of nitrogens with zero attached hydrogens (tertiary/aromatic N) is 1. The molecule has 3 N–H and O–H groups in total. The van der Waals surface area contributed by atoms with Gasteiger partial charge < -0.3 is 5.73 Å². The van der Waals surface area contributed by atoms with Crippen molar-refractivity contribution in [1.29, 1.82) is 5.41 Å². The van der Waals surface area contributed by atoms with Gasteiger partial charge in [-0.1, -0.05) is 38.3 Å². The molecule has 0 amide bonds. The zero-order chi connectivity index (χ0) is 14.5. The number of nitrogen functional groups attached to an aromatic ring is 1. The molecule has 2 rings (SSSR count). The summed E-state index contributed by atoms with van der Waals surface area (Å²) in [7, 11) is 0. The summed E-state index contributed by atoms with van der Waals surface area (Å²) in [6, 6.07) is 5.71. The van der Waals surface area contributed by atoms with Crippen molar-refractivity contribution in [3.63, 3.8) is 0 Å². The SMILES string of the molecule is CCN(Cc1cccc(C(=N)N)c1F)C1CCCCC1. The number of amidine groups is 1. The van der Waals surface area contributed by atoms with Crippen molar-refractivity contribution in [2.45, 2.75) is 51.6 Å².